The smallest absolute Gasteiger partial charge is 0.267 e. The molecule has 0 aliphatic carbocycles. The van der Waals surface area contributed by atoms with E-state index in [4.69, 9.17) is 20.6 Å². The lowest BCUT2D eigenvalue weighted by Gasteiger charge is -2.32. The molecule has 180 valence electrons. The van der Waals surface area contributed by atoms with Crippen molar-refractivity contribution in [1.82, 2.24) is 15.2 Å². The van der Waals surface area contributed by atoms with Gasteiger partial charge in [0.2, 0.25) is 5.91 Å². The number of carbonyl (C=O) groups is 2. The number of amides is 2. The Morgan fingerprint density at radius 3 is 2.68 bits per heavy atom. The zero-order valence-corrected chi connectivity index (χ0v) is 19.1. The first-order valence-electron chi connectivity index (χ1n) is 10.6. The van der Waals surface area contributed by atoms with Crippen molar-refractivity contribution in [2.45, 2.75) is 30.4 Å². The van der Waals surface area contributed by atoms with Gasteiger partial charge in [-0.2, -0.15) is 0 Å². The summed E-state index contributed by atoms with van der Waals surface area (Å²) in [4.78, 5) is 27.5. The van der Waals surface area contributed by atoms with E-state index in [0.717, 1.165) is 16.1 Å². The van der Waals surface area contributed by atoms with Crippen LogP contribution in [0, 0.1) is 5.41 Å². The van der Waals surface area contributed by atoms with Crippen LogP contribution in [0.5, 0.6) is 5.75 Å². The highest BCUT2D eigenvalue weighted by molar-refractivity contribution is 7.89. The van der Waals surface area contributed by atoms with E-state index in [1.54, 1.807) is 30.3 Å². The number of carbonyl (C=O) groups excluding carboxylic acids is 2. The van der Waals surface area contributed by atoms with Crippen LogP contribution in [0.15, 0.2) is 47.4 Å². The molecule has 0 radical (unpaired) electrons. The van der Waals surface area contributed by atoms with Crippen LogP contribution in [0.1, 0.15) is 23.1 Å². The molecule has 0 saturated carbocycles. The highest BCUT2D eigenvalue weighted by Crippen LogP contribution is 2.27. The molecule has 2 aromatic carbocycles. The van der Waals surface area contributed by atoms with E-state index in [2.05, 4.69) is 10.1 Å². The lowest BCUT2D eigenvalue weighted by Crippen LogP contribution is -2.56. The molecule has 2 amide bonds. The second-order valence-electron chi connectivity index (χ2n) is 7.90. The average Bonchev–Trinajstić information content (AvgIpc) is 3.28. The van der Waals surface area contributed by atoms with E-state index in [1.807, 2.05) is 0 Å². The number of nitrogens with two attached hydrogens (primary N) is 1. The Morgan fingerprint density at radius 1 is 1.18 bits per heavy atom. The van der Waals surface area contributed by atoms with Crippen LogP contribution in [-0.4, -0.2) is 56.9 Å². The van der Waals surface area contributed by atoms with Crippen molar-refractivity contribution < 1.29 is 27.5 Å². The van der Waals surface area contributed by atoms with Crippen LogP contribution in [0.4, 0.5) is 0 Å². The fourth-order valence-electron chi connectivity index (χ4n) is 3.65. The van der Waals surface area contributed by atoms with Crippen molar-refractivity contribution in [3.63, 3.8) is 0 Å². The Kier molecular flexibility index (Phi) is 6.82. The number of benzene rings is 2. The molecule has 2 heterocycles. The topological polar surface area (TPSA) is 164 Å². The van der Waals surface area contributed by atoms with Gasteiger partial charge in [0.05, 0.1) is 31.1 Å². The molecule has 2 aliphatic heterocycles. The normalized spacial score (nSPS) is 17.7. The summed E-state index contributed by atoms with van der Waals surface area (Å²) in [5, 5.41) is 11.1. The van der Waals surface area contributed by atoms with Gasteiger partial charge in [-0.1, -0.05) is 24.3 Å². The number of nitrogen functional groups attached to an aromatic ring is 1. The summed E-state index contributed by atoms with van der Waals surface area (Å²) in [6.07, 6.45) is -0.739. The number of fused-ring (bicyclic) bond motifs is 1. The van der Waals surface area contributed by atoms with E-state index in [1.165, 1.54) is 12.1 Å². The number of sulfonamides is 1. The highest BCUT2D eigenvalue weighted by atomic mass is 32.2. The molecule has 11 nitrogen and oxygen atoms in total. The van der Waals surface area contributed by atoms with Crippen molar-refractivity contribution in [3.05, 3.63) is 59.2 Å². The fraction of sp³-hybridized carbons (Fsp3) is 0.318. The molecule has 12 heteroatoms. The summed E-state index contributed by atoms with van der Waals surface area (Å²) >= 11 is 0. The van der Waals surface area contributed by atoms with Gasteiger partial charge >= 0.3 is 0 Å². The molecule has 5 N–H and O–H groups in total. The number of nitrogens with zero attached hydrogens (tertiary/aromatic N) is 1. The van der Waals surface area contributed by atoms with Gasteiger partial charge in [0.25, 0.3) is 15.9 Å². The second-order valence-corrected chi connectivity index (χ2v) is 9.56. The predicted octanol–water partition coefficient (Wildman–Crippen LogP) is 0.0328. The summed E-state index contributed by atoms with van der Waals surface area (Å²) in [5.41, 5.74) is 7.59. The highest BCUT2D eigenvalue weighted by Gasteiger charge is 2.34. The number of rotatable bonds is 8. The first kappa shape index (κ1) is 23.7. The lowest BCUT2D eigenvalue weighted by atomic mass is 10.1. The van der Waals surface area contributed by atoms with Gasteiger partial charge in [-0.25, -0.2) is 8.42 Å². The molecule has 0 spiro atoms. The standard InChI is InChI=1S/C22H25N5O6S/c23-21(24)15-3-1-14(2-4-15)13-25-20(28)12-19-22(29)27(8-10-33-19)26-34(30,31)17-5-6-18-16(11-17)7-9-32-18/h1-6,11,19,26H,7-10,12-13H2,(H3,23,24)(H,25,28)/t19-/m0/s1. The number of hydrogen-bond acceptors (Lipinski definition) is 7. The maximum atomic E-state index is 12.8. The molecule has 2 aliphatic rings. The van der Waals surface area contributed by atoms with Crippen LogP contribution in [0.3, 0.4) is 0 Å². The number of nitrogens with one attached hydrogen (secondary N) is 3. The van der Waals surface area contributed by atoms with Gasteiger partial charge < -0.3 is 20.5 Å². The molecule has 1 fully saturated rings. The molecule has 1 saturated heterocycles. The van der Waals surface area contributed by atoms with Gasteiger partial charge in [-0.15, -0.1) is 4.83 Å². The maximum absolute atomic E-state index is 12.8. The first-order chi connectivity index (χ1) is 16.2. The molecule has 34 heavy (non-hydrogen) atoms. The number of morpholine rings is 1. The summed E-state index contributed by atoms with van der Waals surface area (Å²) in [7, 11) is -4.00. The van der Waals surface area contributed by atoms with Crippen LogP contribution in [0.25, 0.3) is 0 Å². The Morgan fingerprint density at radius 2 is 1.94 bits per heavy atom. The first-order valence-corrected chi connectivity index (χ1v) is 12.1. The van der Waals surface area contributed by atoms with E-state index in [9.17, 15) is 18.0 Å². The fourth-order valence-corrected chi connectivity index (χ4v) is 4.77. The van der Waals surface area contributed by atoms with Gasteiger partial charge in [0.15, 0.2) is 0 Å². The van der Waals surface area contributed by atoms with E-state index >= 15 is 0 Å². The predicted molar refractivity (Wildman–Crippen MR) is 121 cm³/mol. The quantitative estimate of drug-likeness (QED) is 0.301. The van der Waals surface area contributed by atoms with Crippen LogP contribution in [-0.2, 0) is 37.3 Å². The third kappa shape index (κ3) is 5.35. The summed E-state index contributed by atoms with van der Waals surface area (Å²) in [5.74, 6) is -0.450. The SMILES string of the molecule is N=C(N)c1ccc(CNC(=O)C[C@@H]2OCCN(NS(=O)(=O)c3ccc4c(c3)CCO4)C2=O)cc1. The summed E-state index contributed by atoms with van der Waals surface area (Å²) in [6, 6.07) is 11.4. The minimum atomic E-state index is -4.00. The third-order valence-corrected chi connectivity index (χ3v) is 6.84. The van der Waals surface area contributed by atoms with Crippen LogP contribution in [0.2, 0.25) is 0 Å². The largest absolute Gasteiger partial charge is 0.493 e. The van der Waals surface area contributed by atoms with Gasteiger partial charge in [0, 0.05) is 18.5 Å². The van der Waals surface area contributed by atoms with E-state index in [0.29, 0.717) is 24.3 Å². The Hall–Kier alpha value is -3.48. The second kappa shape index (κ2) is 9.79. The van der Waals surface area contributed by atoms with Gasteiger partial charge in [-0.3, -0.25) is 20.0 Å². The van der Waals surface area contributed by atoms with Crippen molar-refractivity contribution in [2.75, 3.05) is 19.8 Å². The monoisotopic (exact) mass is 487 g/mol. The van der Waals surface area contributed by atoms with Crippen molar-refractivity contribution >= 4 is 27.7 Å². The zero-order valence-electron chi connectivity index (χ0n) is 18.2. The number of ether oxygens (including phenoxy) is 2. The Labute approximate surface area is 196 Å². The number of hydrogen-bond donors (Lipinski definition) is 4. The molecule has 1 atom stereocenters. The average molecular weight is 488 g/mol. The lowest BCUT2D eigenvalue weighted by molar-refractivity contribution is -0.157. The van der Waals surface area contributed by atoms with Crippen LogP contribution >= 0.6 is 0 Å². The van der Waals surface area contributed by atoms with Gasteiger partial charge in [-0.05, 0) is 29.3 Å². The molecular weight excluding hydrogens is 462 g/mol. The zero-order chi connectivity index (χ0) is 24.3. The maximum Gasteiger partial charge on any atom is 0.267 e. The van der Waals surface area contributed by atoms with E-state index in [-0.39, 0.29) is 36.8 Å². The third-order valence-electron chi connectivity index (χ3n) is 5.50. The van der Waals surface area contributed by atoms with Crippen LogP contribution < -0.4 is 20.6 Å². The minimum Gasteiger partial charge on any atom is -0.493 e. The van der Waals surface area contributed by atoms with E-state index < -0.39 is 27.9 Å². The molecule has 0 aromatic heterocycles. The molecule has 4 rings (SSSR count). The van der Waals surface area contributed by atoms with Crippen molar-refractivity contribution in [2.24, 2.45) is 5.73 Å². The molecule has 0 unspecified atom stereocenters. The van der Waals surface area contributed by atoms with Crippen molar-refractivity contribution in [1.29, 1.82) is 5.41 Å². The molecule has 0 bridgehead atoms. The number of amidine groups is 1. The molecular formula is C22H25N5O6S. The summed E-state index contributed by atoms with van der Waals surface area (Å²) < 4.78 is 36.5. The Bertz CT molecular complexity index is 1210. The number of hydrazine groups is 1. The molecule has 2 aromatic rings. The van der Waals surface area contributed by atoms with Crippen molar-refractivity contribution in [3.8, 4) is 5.75 Å². The van der Waals surface area contributed by atoms with Gasteiger partial charge in [0.1, 0.15) is 17.7 Å². The Balaban J connectivity index is 1.33. The summed E-state index contributed by atoms with van der Waals surface area (Å²) in [6.45, 7) is 0.821. The minimum absolute atomic E-state index is 0.0206.